The lowest BCUT2D eigenvalue weighted by Crippen LogP contribution is -2.13. The molecule has 0 aliphatic rings. The molecule has 0 aliphatic carbocycles. The molecule has 3 rings (SSSR count). The Balaban J connectivity index is 1.83. The Bertz CT molecular complexity index is 861. The lowest BCUT2D eigenvalue weighted by Gasteiger charge is -2.03. The van der Waals surface area contributed by atoms with Crippen molar-refractivity contribution < 1.29 is 4.79 Å². The summed E-state index contributed by atoms with van der Waals surface area (Å²) >= 11 is 1.35. The first-order valence-electron chi connectivity index (χ1n) is 6.27. The average molecular weight is 303 g/mol. The number of imidazole rings is 1. The van der Waals surface area contributed by atoms with Crippen molar-refractivity contribution in [1.29, 1.82) is 0 Å². The number of nitrogens with one attached hydrogen (secondary N) is 3. The molecule has 0 spiro atoms. The molecule has 21 heavy (non-hydrogen) atoms. The standard InChI is InChI=1S/C13H13N5O2S/c1-6(14)12-16-10(5-21-12)11(19)15-7-2-3-8-9(4-7)18-13(20)17-8/h2-6H,14H2,1H3,(H,15,19)(H2,17,18,20). The van der Waals surface area contributed by atoms with Crippen molar-refractivity contribution in [3.63, 3.8) is 0 Å². The number of aromatic nitrogens is 3. The molecule has 1 amide bonds. The van der Waals surface area contributed by atoms with E-state index in [9.17, 15) is 9.59 Å². The van der Waals surface area contributed by atoms with Crippen LogP contribution in [-0.4, -0.2) is 20.9 Å². The van der Waals surface area contributed by atoms with E-state index in [0.29, 0.717) is 27.4 Å². The van der Waals surface area contributed by atoms with E-state index in [1.807, 2.05) is 6.92 Å². The summed E-state index contributed by atoms with van der Waals surface area (Å²) < 4.78 is 0. The van der Waals surface area contributed by atoms with Gasteiger partial charge < -0.3 is 21.0 Å². The number of amides is 1. The molecule has 0 fully saturated rings. The van der Waals surface area contributed by atoms with Crippen LogP contribution >= 0.6 is 11.3 Å². The SMILES string of the molecule is CC(N)c1nc(C(=O)Nc2ccc3[nH]c(=O)[nH]c3c2)cs1. The van der Waals surface area contributed by atoms with Gasteiger partial charge in [-0.1, -0.05) is 0 Å². The third kappa shape index (κ3) is 2.71. The second-order valence-electron chi connectivity index (χ2n) is 4.65. The number of H-pyrrole nitrogens is 2. The zero-order valence-electron chi connectivity index (χ0n) is 11.1. The Morgan fingerprint density at radius 1 is 1.38 bits per heavy atom. The summed E-state index contributed by atoms with van der Waals surface area (Å²) in [5.74, 6) is -0.310. The third-order valence-electron chi connectivity index (χ3n) is 2.92. The fraction of sp³-hybridized carbons (Fsp3) is 0.154. The summed E-state index contributed by atoms with van der Waals surface area (Å²) in [5.41, 5.74) is 7.67. The summed E-state index contributed by atoms with van der Waals surface area (Å²) in [4.78, 5) is 32.8. The third-order valence-corrected chi connectivity index (χ3v) is 3.96. The molecule has 1 atom stereocenters. The molecule has 0 saturated carbocycles. The highest BCUT2D eigenvalue weighted by Crippen LogP contribution is 2.18. The maximum absolute atomic E-state index is 12.1. The number of hydrogen-bond donors (Lipinski definition) is 4. The number of fused-ring (bicyclic) bond motifs is 1. The number of carbonyl (C=O) groups excluding carboxylic acids is 1. The number of hydrogen-bond acceptors (Lipinski definition) is 5. The van der Waals surface area contributed by atoms with Crippen LogP contribution in [0.1, 0.15) is 28.5 Å². The molecule has 8 heteroatoms. The topological polar surface area (TPSA) is 117 Å². The predicted octanol–water partition coefficient (Wildman–Crippen LogP) is 1.58. The first kappa shape index (κ1) is 13.5. The summed E-state index contributed by atoms with van der Waals surface area (Å²) in [5, 5.41) is 5.13. The number of anilines is 1. The molecule has 3 aromatic rings. The molecule has 1 unspecified atom stereocenters. The molecule has 108 valence electrons. The number of nitrogens with two attached hydrogens (primary N) is 1. The van der Waals surface area contributed by atoms with E-state index in [1.165, 1.54) is 11.3 Å². The second-order valence-corrected chi connectivity index (χ2v) is 5.54. The number of rotatable bonds is 3. The summed E-state index contributed by atoms with van der Waals surface area (Å²) in [6, 6.07) is 4.92. The molecule has 1 aromatic carbocycles. The Morgan fingerprint density at radius 2 is 2.14 bits per heavy atom. The lowest BCUT2D eigenvalue weighted by molar-refractivity contribution is 0.102. The monoisotopic (exact) mass is 303 g/mol. The smallest absolute Gasteiger partial charge is 0.322 e. The Kier molecular flexibility index (Phi) is 3.32. The van der Waals surface area contributed by atoms with Crippen molar-refractivity contribution in [2.45, 2.75) is 13.0 Å². The molecule has 0 bridgehead atoms. The van der Waals surface area contributed by atoms with Crippen LogP contribution in [0.3, 0.4) is 0 Å². The van der Waals surface area contributed by atoms with Crippen LogP contribution in [0.4, 0.5) is 5.69 Å². The molecular formula is C13H13N5O2S. The van der Waals surface area contributed by atoms with Crippen molar-refractivity contribution in [2.75, 3.05) is 5.32 Å². The summed E-state index contributed by atoms with van der Waals surface area (Å²) in [7, 11) is 0. The van der Waals surface area contributed by atoms with Crippen LogP contribution in [0.2, 0.25) is 0 Å². The van der Waals surface area contributed by atoms with Crippen molar-refractivity contribution in [1.82, 2.24) is 15.0 Å². The first-order chi connectivity index (χ1) is 10.0. The molecule has 7 nitrogen and oxygen atoms in total. The molecular weight excluding hydrogens is 290 g/mol. The van der Waals surface area contributed by atoms with E-state index in [-0.39, 0.29) is 17.6 Å². The predicted molar refractivity (Wildman–Crippen MR) is 81.6 cm³/mol. The van der Waals surface area contributed by atoms with Gasteiger partial charge in [0.1, 0.15) is 10.7 Å². The number of nitrogens with zero attached hydrogens (tertiary/aromatic N) is 1. The molecule has 0 aliphatic heterocycles. The van der Waals surface area contributed by atoms with Gasteiger partial charge in [0.05, 0.1) is 17.1 Å². The quantitative estimate of drug-likeness (QED) is 0.587. The maximum Gasteiger partial charge on any atom is 0.323 e. The summed E-state index contributed by atoms with van der Waals surface area (Å²) in [6.45, 7) is 1.82. The lowest BCUT2D eigenvalue weighted by atomic mass is 10.2. The molecule has 5 N–H and O–H groups in total. The highest BCUT2D eigenvalue weighted by Gasteiger charge is 2.13. The van der Waals surface area contributed by atoms with Crippen LogP contribution in [0, 0.1) is 0 Å². The fourth-order valence-electron chi connectivity index (χ4n) is 1.91. The van der Waals surface area contributed by atoms with Gasteiger partial charge in [-0.15, -0.1) is 11.3 Å². The number of thiazole rings is 1. The van der Waals surface area contributed by atoms with Gasteiger partial charge in [0.2, 0.25) is 0 Å². The molecule has 0 saturated heterocycles. The average Bonchev–Trinajstić information content (AvgIpc) is 3.03. The van der Waals surface area contributed by atoms with Crippen molar-refractivity contribution in [2.24, 2.45) is 5.73 Å². The van der Waals surface area contributed by atoms with E-state index in [2.05, 4.69) is 20.3 Å². The minimum atomic E-state index is -0.310. The molecule has 2 heterocycles. The zero-order valence-corrected chi connectivity index (χ0v) is 12.0. The first-order valence-corrected chi connectivity index (χ1v) is 7.15. The molecule has 2 aromatic heterocycles. The Hall–Kier alpha value is -2.45. The highest BCUT2D eigenvalue weighted by molar-refractivity contribution is 7.09. The largest absolute Gasteiger partial charge is 0.323 e. The minimum absolute atomic E-state index is 0.196. The van der Waals surface area contributed by atoms with Crippen molar-refractivity contribution in [3.05, 3.63) is 44.8 Å². The van der Waals surface area contributed by atoms with Crippen molar-refractivity contribution >= 4 is 34.0 Å². The van der Waals surface area contributed by atoms with Crippen LogP contribution in [0.15, 0.2) is 28.4 Å². The Labute approximate surface area is 123 Å². The minimum Gasteiger partial charge on any atom is -0.322 e. The highest BCUT2D eigenvalue weighted by atomic mass is 32.1. The van der Waals surface area contributed by atoms with Gasteiger partial charge in [0.25, 0.3) is 5.91 Å². The van der Waals surface area contributed by atoms with E-state index >= 15 is 0 Å². The van der Waals surface area contributed by atoms with Gasteiger partial charge in [-0.25, -0.2) is 9.78 Å². The number of benzene rings is 1. The van der Waals surface area contributed by atoms with Gasteiger partial charge >= 0.3 is 5.69 Å². The number of aromatic amines is 2. The van der Waals surface area contributed by atoms with Gasteiger partial charge in [0, 0.05) is 11.1 Å². The van der Waals surface area contributed by atoms with Gasteiger partial charge in [-0.2, -0.15) is 0 Å². The Morgan fingerprint density at radius 3 is 2.86 bits per heavy atom. The second kappa shape index (κ2) is 5.15. The van der Waals surface area contributed by atoms with E-state index in [4.69, 9.17) is 5.73 Å². The normalized spacial score (nSPS) is 12.5. The zero-order chi connectivity index (χ0) is 15.0. The van der Waals surface area contributed by atoms with E-state index in [1.54, 1.807) is 23.6 Å². The van der Waals surface area contributed by atoms with E-state index < -0.39 is 0 Å². The van der Waals surface area contributed by atoms with Gasteiger partial charge in [0.15, 0.2) is 0 Å². The van der Waals surface area contributed by atoms with Crippen LogP contribution in [-0.2, 0) is 0 Å². The van der Waals surface area contributed by atoms with Crippen LogP contribution in [0.5, 0.6) is 0 Å². The van der Waals surface area contributed by atoms with Crippen LogP contribution < -0.4 is 16.7 Å². The van der Waals surface area contributed by atoms with Crippen LogP contribution in [0.25, 0.3) is 11.0 Å². The van der Waals surface area contributed by atoms with E-state index in [0.717, 1.165) is 0 Å². The number of carbonyl (C=O) groups is 1. The van der Waals surface area contributed by atoms with Crippen molar-refractivity contribution in [3.8, 4) is 0 Å². The summed E-state index contributed by atoms with van der Waals surface area (Å²) in [6.07, 6.45) is 0. The maximum atomic E-state index is 12.1. The van der Waals surface area contributed by atoms with Gasteiger partial charge in [-0.05, 0) is 25.1 Å². The molecule has 0 radical (unpaired) electrons. The fourth-order valence-corrected chi connectivity index (χ4v) is 2.66. The van der Waals surface area contributed by atoms with Gasteiger partial charge in [-0.3, -0.25) is 4.79 Å².